The lowest BCUT2D eigenvalue weighted by Crippen LogP contribution is -2.29. The molecule has 21 heteroatoms. The van der Waals surface area contributed by atoms with Gasteiger partial charge in [-0.3, -0.25) is 28.8 Å². The molecule has 414 valence electrons. The van der Waals surface area contributed by atoms with Gasteiger partial charge < -0.3 is 43.0 Å². The van der Waals surface area contributed by atoms with E-state index in [1.165, 1.54) is 36.7 Å². The van der Waals surface area contributed by atoms with E-state index >= 15 is 0 Å². The van der Waals surface area contributed by atoms with Crippen LogP contribution in [0, 0.1) is 13.8 Å². The zero-order valence-corrected chi connectivity index (χ0v) is 42.8. The van der Waals surface area contributed by atoms with Crippen molar-refractivity contribution in [1.82, 2.24) is 14.9 Å². The highest BCUT2D eigenvalue weighted by Crippen LogP contribution is 2.29. The molecule has 8 aromatic rings. The summed E-state index contributed by atoms with van der Waals surface area (Å²) in [7, 11) is 0.500. The van der Waals surface area contributed by atoms with E-state index in [1.54, 1.807) is 74.5 Å². The van der Waals surface area contributed by atoms with E-state index in [0.717, 1.165) is 11.3 Å². The van der Waals surface area contributed by atoms with Crippen LogP contribution < -0.4 is 35.5 Å². The number of pyridine rings is 2. The normalized spacial score (nSPS) is 11.4. The molecular formula is C57H57F7N4O10. The Kier molecular flexibility index (Phi) is 22.1. The van der Waals surface area contributed by atoms with Crippen molar-refractivity contribution in [1.29, 1.82) is 0 Å². The number of halogens is 7. The van der Waals surface area contributed by atoms with Crippen molar-refractivity contribution in [2.75, 3.05) is 73.1 Å². The van der Waals surface area contributed by atoms with Crippen molar-refractivity contribution in [3.05, 3.63) is 177 Å². The second-order valence-corrected chi connectivity index (χ2v) is 17.0. The van der Waals surface area contributed by atoms with Gasteiger partial charge in [-0.15, -0.1) is 0 Å². The molecule has 8 rings (SSSR count). The molecule has 14 nitrogen and oxygen atoms in total. The number of rotatable bonds is 23. The van der Waals surface area contributed by atoms with Crippen molar-refractivity contribution in [2.45, 2.75) is 39.3 Å². The Morgan fingerprint density at radius 1 is 0.526 bits per heavy atom. The van der Waals surface area contributed by atoms with Gasteiger partial charge in [-0.2, -0.15) is 26.3 Å². The van der Waals surface area contributed by atoms with Crippen molar-refractivity contribution in [2.24, 2.45) is 5.73 Å². The summed E-state index contributed by atoms with van der Waals surface area (Å²) >= 11 is 0. The first kappa shape index (κ1) is 59.4. The molecule has 2 N–H and O–H groups in total. The van der Waals surface area contributed by atoms with E-state index in [0.29, 0.717) is 107 Å². The minimum atomic E-state index is -4.52. The summed E-state index contributed by atoms with van der Waals surface area (Å²) in [5, 5.41) is 1.08. The topological polar surface area (TPSA) is 171 Å². The third-order valence-corrected chi connectivity index (χ3v) is 11.4. The monoisotopic (exact) mass is 1090 g/mol. The number of hydrogen-bond donors (Lipinski definition) is 1. The average Bonchev–Trinajstić information content (AvgIpc) is 3.45. The number of fused-ring (bicyclic) bond motifs is 2. The molecule has 0 amide bonds. The molecule has 0 saturated heterocycles. The van der Waals surface area contributed by atoms with E-state index in [2.05, 4.69) is 9.97 Å². The largest absolute Gasteiger partial charge is 0.491 e. The molecule has 4 aromatic carbocycles. The fraction of sp³-hybridized carbons (Fsp3) is 0.298. The quantitative estimate of drug-likeness (QED) is 0.0474. The lowest BCUT2D eigenvalue weighted by atomic mass is 10.1. The fourth-order valence-corrected chi connectivity index (χ4v) is 7.55. The van der Waals surface area contributed by atoms with Gasteiger partial charge in [0.15, 0.2) is 24.1 Å². The van der Waals surface area contributed by atoms with Crippen LogP contribution in [0.3, 0.4) is 0 Å². The molecule has 4 aromatic heterocycles. The number of hydrogen-bond acceptors (Lipinski definition) is 14. The van der Waals surface area contributed by atoms with E-state index in [-0.39, 0.29) is 55.3 Å². The molecule has 0 unspecified atom stereocenters. The van der Waals surface area contributed by atoms with E-state index in [4.69, 9.17) is 43.0 Å². The first-order valence-electron chi connectivity index (χ1n) is 24.3. The van der Waals surface area contributed by atoms with Crippen LogP contribution in [0.15, 0.2) is 152 Å². The number of benzene rings is 4. The Balaban J connectivity index is 0.000000314. The standard InChI is InChI=1S/C37H35F6N3O6.C19H19NO4.CH3F/c1-24-29(44-13-11-32(24)50-22-36(38,39)40)20-46(21-30-25(2)33(12-14-45-30)51-23-37(41,42)43)15-16-48-17-18-49-27-9-7-26(8-10-27)35-19-31(47)28-5-3-4-6-34(28)52-35;20-9-10-22-11-12-23-15-7-5-14(6-8-15)19-13-17(21)16-3-1-2-4-18(16)24-19;1-2/h3-14,19H,15-18,20-23H2,1-2H3;1-8,13H,9-12,20H2;1H3. The van der Waals surface area contributed by atoms with Crippen LogP contribution in [-0.2, 0) is 22.6 Å². The molecule has 0 spiro atoms. The molecular weight excluding hydrogens is 1030 g/mol. The van der Waals surface area contributed by atoms with Gasteiger partial charge >= 0.3 is 12.4 Å². The van der Waals surface area contributed by atoms with Crippen molar-refractivity contribution < 1.29 is 68.0 Å². The van der Waals surface area contributed by atoms with Gasteiger partial charge in [0.1, 0.15) is 58.9 Å². The highest BCUT2D eigenvalue weighted by atomic mass is 19.4. The number of nitrogens with zero attached hydrogens (tertiary/aromatic N) is 3. The Labute approximate surface area is 444 Å². The predicted octanol–water partition coefficient (Wildman–Crippen LogP) is 11.2. The zero-order valence-electron chi connectivity index (χ0n) is 42.8. The van der Waals surface area contributed by atoms with Crippen molar-refractivity contribution in [3.8, 4) is 45.6 Å². The number of para-hydroxylation sites is 2. The zero-order chi connectivity index (χ0) is 56.1. The molecule has 0 aliphatic carbocycles. The highest BCUT2D eigenvalue weighted by Gasteiger charge is 2.30. The Bertz CT molecular complexity index is 3190. The maximum absolute atomic E-state index is 12.8. The molecule has 0 radical (unpaired) electrons. The molecule has 0 saturated carbocycles. The van der Waals surface area contributed by atoms with Gasteiger partial charge in [0.2, 0.25) is 0 Å². The molecule has 4 heterocycles. The molecule has 0 atom stereocenters. The Morgan fingerprint density at radius 3 is 1.35 bits per heavy atom. The summed E-state index contributed by atoms with van der Waals surface area (Å²) < 4.78 is 130. The van der Waals surface area contributed by atoms with Crippen LogP contribution in [0.4, 0.5) is 30.7 Å². The minimum Gasteiger partial charge on any atom is -0.491 e. The summed E-state index contributed by atoms with van der Waals surface area (Å²) in [6.45, 7) is 3.49. The maximum Gasteiger partial charge on any atom is 0.422 e. The van der Waals surface area contributed by atoms with Crippen molar-refractivity contribution >= 4 is 21.9 Å². The number of nitrogens with two attached hydrogens (primary N) is 1. The number of aromatic nitrogens is 2. The summed E-state index contributed by atoms with van der Waals surface area (Å²) in [4.78, 5) is 35.2. The molecule has 78 heavy (non-hydrogen) atoms. The van der Waals surface area contributed by atoms with Crippen LogP contribution >= 0.6 is 0 Å². The van der Waals surface area contributed by atoms with Crippen LogP contribution in [0.25, 0.3) is 44.6 Å². The van der Waals surface area contributed by atoms with Crippen LogP contribution in [0.1, 0.15) is 22.5 Å². The third kappa shape index (κ3) is 18.1. The molecule has 0 fully saturated rings. The third-order valence-electron chi connectivity index (χ3n) is 11.4. The summed E-state index contributed by atoms with van der Waals surface area (Å²) in [6, 6.07) is 34.3. The number of ether oxygens (including phenoxy) is 6. The molecule has 0 aliphatic heterocycles. The van der Waals surface area contributed by atoms with Gasteiger partial charge in [-0.25, -0.2) is 0 Å². The smallest absolute Gasteiger partial charge is 0.422 e. The molecule has 0 bridgehead atoms. The maximum atomic E-state index is 12.8. The first-order valence-corrected chi connectivity index (χ1v) is 24.3. The summed E-state index contributed by atoms with van der Waals surface area (Å²) in [5.74, 6) is 2.33. The summed E-state index contributed by atoms with van der Waals surface area (Å²) in [5.41, 5.74) is 9.45. The minimum absolute atomic E-state index is 0.0300. The van der Waals surface area contributed by atoms with E-state index in [9.17, 15) is 40.3 Å². The van der Waals surface area contributed by atoms with E-state index < -0.39 is 25.6 Å². The van der Waals surface area contributed by atoms with Gasteiger partial charge in [0.25, 0.3) is 0 Å². The fourth-order valence-electron chi connectivity index (χ4n) is 7.55. The van der Waals surface area contributed by atoms with Crippen LogP contribution in [0.5, 0.6) is 23.0 Å². The van der Waals surface area contributed by atoms with Crippen LogP contribution in [0.2, 0.25) is 0 Å². The Morgan fingerprint density at radius 2 is 0.936 bits per heavy atom. The lowest BCUT2D eigenvalue weighted by molar-refractivity contribution is -0.154. The summed E-state index contributed by atoms with van der Waals surface area (Å²) in [6.07, 6.45) is -6.35. The lowest BCUT2D eigenvalue weighted by Gasteiger charge is -2.24. The van der Waals surface area contributed by atoms with Gasteiger partial charge in [0, 0.05) is 73.0 Å². The Hall–Kier alpha value is -7.85. The number of alkyl halides is 7. The SMILES string of the molecule is CF.Cc1c(OCC(F)(F)F)ccnc1CN(CCOCCOc1ccc(-c2cc(=O)c3ccccc3o2)cc1)Cc1nccc(OCC(F)(F)F)c1C.NCCOCCOc1ccc(-c2cc(=O)c3ccccc3o2)cc1. The van der Waals surface area contributed by atoms with Gasteiger partial charge in [-0.1, -0.05) is 24.3 Å². The van der Waals surface area contributed by atoms with Gasteiger partial charge in [-0.05, 0) is 98.8 Å². The average molecular weight is 1090 g/mol. The highest BCUT2D eigenvalue weighted by molar-refractivity contribution is 5.79. The van der Waals surface area contributed by atoms with Crippen molar-refractivity contribution in [3.63, 3.8) is 0 Å². The van der Waals surface area contributed by atoms with Crippen LogP contribution in [-0.4, -0.2) is 100 Å². The first-order chi connectivity index (χ1) is 37.5. The van der Waals surface area contributed by atoms with Gasteiger partial charge in [0.05, 0.1) is 55.8 Å². The predicted molar refractivity (Wildman–Crippen MR) is 280 cm³/mol. The van der Waals surface area contributed by atoms with E-state index in [1.807, 2.05) is 41.3 Å². The molecule has 0 aliphatic rings. The second-order valence-electron chi connectivity index (χ2n) is 17.0. The second kappa shape index (κ2) is 29.0.